The predicted octanol–water partition coefficient (Wildman–Crippen LogP) is 5.23. The zero-order valence-electron chi connectivity index (χ0n) is 15.3. The maximum absolute atomic E-state index is 9.77. The van der Waals surface area contributed by atoms with Gasteiger partial charge in [-0.05, 0) is 71.7 Å². The molecule has 1 fully saturated rings. The first kappa shape index (κ1) is 17.1. The predicted molar refractivity (Wildman–Crippen MR) is 99.7 cm³/mol. The Morgan fingerprint density at radius 2 is 2.00 bits per heavy atom. The number of hydrogen-bond acceptors (Lipinski definition) is 3. The Bertz CT molecular complexity index is 742. The highest BCUT2D eigenvalue weighted by atomic mass is 16.3. The third kappa shape index (κ3) is 3.10. The second kappa shape index (κ2) is 6.64. The van der Waals surface area contributed by atoms with Gasteiger partial charge in [0.25, 0.3) is 0 Å². The van der Waals surface area contributed by atoms with Gasteiger partial charge in [-0.25, -0.2) is 0 Å². The second-order valence-electron chi connectivity index (χ2n) is 7.61. The van der Waals surface area contributed by atoms with Crippen molar-refractivity contribution >= 4 is 11.0 Å². The van der Waals surface area contributed by atoms with Gasteiger partial charge in [0.15, 0.2) is 0 Å². The van der Waals surface area contributed by atoms with Gasteiger partial charge in [-0.3, -0.25) is 4.90 Å². The van der Waals surface area contributed by atoms with Gasteiger partial charge in [-0.15, -0.1) is 6.58 Å². The molecule has 1 aromatic carbocycles. The molecule has 0 saturated carbocycles. The van der Waals surface area contributed by atoms with E-state index in [4.69, 9.17) is 4.42 Å². The molecular weight excluding hydrogens is 298 g/mol. The minimum Gasteiger partial charge on any atom is -0.508 e. The Kier molecular flexibility index (Phi) is 4.73. The lowest BCUT2D eigenvalue weighted by Crippen LogP contribution is -2.46. The number of allylic oxidation sites excluding steroid dienone is 1. The standard InChI is InChI=1S/C17H21NO2.C4H8/c1-10-8-15-14-9-12(19)5-6-16(14)20-17(15)13-4-3-7-18(10)11(13)2;1-4(2)3/h5-6,9-11,13,19H,3-4,7-8H2,1-2H3;1H2,2-3H3. The summed E-state index contributed by atoms with van der Waals surface area (Å²) in [5, 5.41) is 10.9. The van der Waals surface area contributed by atoms with Crippen LogP contribution >= 0.6 is 0 Å². The fraction of sp³-hybridized carbons (Fsp3) is 0.524. The molecule has 3 heterocycles. The number of phenols is 1. The van der Waals surface area contributed by atoms with Crippen molar-refractivity contribution < 1.29 is 9.52 Å². The lowest BCUT2D eigenvalue weighted by Gasteiger charge is -2.40. The van der Waals surface area contributed by atoms with Crippen LogP contribution in [0, 0.1) is 0 Å². The summed E-state index contributed by atoms with van der Waals surface area (Å²) in [5.74, 6) is 2.00. The molecule has 2 aromatic rings. The molecule has 4 atom stereocenters. The molecule has 3 nitrogen and oxygen atoms in total. The average Bonchev–Trinajstić information content (AvgIpc) is 2.83. The molecule has 0 spiro atoms. The number of rotatable bonds is 0. The molecule has 4 unspecified atom stereocenters. The van der Waals surface area contributed by atoms with E-state index in [1.165, 1.54) is 36.3 Å². The Labute approximate surface area is 145 Å². The molecule has 1 aromatic heterocycles. The topological polar surface area (TPSA) is 36.6 Å². The van der Waals surface area contributed by atoms with E-state index in [0.717, 1.165) is 17.4 Å². The van der Waals surface area contributed by atoms with Gasteiger partial charge in [0.1, 0.15) is 17.1 Å². The maximum Gasteiger partial charge on any atom is 0.134 e. The van der Waals surface area contributed by atoms with Crippen LogP contribution in [0.25, 0.3) is 11.0 Å². The number of hydrogen-bond donors (Lipinski definition) is 1. The SMILES string of the molecule is C=C(C)C.CC1Cc2c(oc3ccc(O)cc23)C2CCCN1C2C. The molecular formula is C21H29NO2. The van der Waals surface area contributed by atoms with E-state index in [1.807, 2.05) is 26.0 Å². The second-order valence-corrected chi connectivity index (χ2v) is 7.61. The number of piperidine rings is 1. The first-order valence-electron chi connectivity index (χ1n) is 9.00. The van der Waals surface area contributed by atoms with Gasteiger partial charge in [0, 0.05) is 29.0 Å². The highest BCUT2D eigenvalue weighted by molar-refractivity contribution is 5.84. The highest BCUT2D eigenvalue weighted by Gasteiger charge is 2.39. The maximum atomic E-state index is 9.77. The summed E-state index contributed by atoms with van der Waals surface area (Å²) in [6.07, 6.45) is 3.48. The van der Waals surface area contributed by atoms with Crippen LogP contribution in [0.3, 0.4) is 0 Å². The molecule has 2 aliphatic heterocycles. The van der Waals surface area contributed by atoms with Crippen LogP contribution in [-0.2, 0) is 6.42 Å². The molecule has 4 rings (SSSR count). The molecule has 130 valence electrons. The van der Waals surface area contributed by atoms with Crippen LogP contribution in [-0.4, -0.2) is 28.6 Å². The summed E-state index contributed by atoms with van der Waals surface area (Å²) < 4.78 is 6.19. The van der Waals surface area contributed by atoms with Crippen LogP contribution < -0.4 is 0 Å². The summed E-state index contributed by atoms with van der Waals surface area (Å²) in [4.78, 5) is 2.62. The third-order valence-corrected chi connectivity index (χ3v) is 5.24. The summed E-state index contributed by atoms with van der Waals surface area (Å²) >= 11 is 0. The van der Waals surface area contributed by atoms with E-state index in [9.17, 15) is 5.11 Å². The first-order valence-corrected chi connectivity index (χ1v) is 9.00. The number of benzene rings is 1. The van der Waals surface area contributed by atoms with E-state index in [0.29, 0.717) is 23.8 Å². The molecule has 0 aliphatic carbocycles. The first-order chi connectivity index (χ1) is 11.4. The Morgan fingerprint density at radius 1 is 1.29 bits per heavy atom. The summed E-state index contributed by atoms with van der Waals surface area (Å²) in [6, 6.07) is 6.56. The minimum atomic E-state index is 0.328. The molecule has 1 saturated heterocycles. The Balaban J connectivity index is 0.000000383. The van der Waals surface area contributed by atoms with Gasteiger partial charge < -0.3 is 9.52 Å². The highest BCUT2D eigenvalue weighted by Crippen LogP contribution is 2.43. The fourth-order valence-electron chi connectivity index (χ4n) is 4.22. The van der Waals surface area contributed by atoms with Gasteiger partial charge >= 0.3 is 0 Å². The number of nitrogens with zero attached hydrogens (tertiary/aromatic N) is 1. The number of phenolic OH excluding ortho intramolecular Hbond substituents is 1. The summed E-state index contributed by atoms with van der Waals surface area (Å²) in [7, 11) is 0. The largest absolute Gasteiger partial charge is 0.508 e. The molecule has 3 heteroatoms. The molecule has 2 aliphatic rings. The normalized spacial score (nSPS) is 28.5. The zero-order chi connectivity index (χ0) is 17.4. The number of fused-ring (bicyclic) bond motifs is 6. The van der Waals surface area contributed by atoms with Crippen molar-refractivity contribution in [3.05, 3.63) is 41.7 Å². The molecule has 2 bridgehead atoms. The molecule has 1 N–H and O–H groups in total. The average molecular weight is 327 g/mol. The van der Waals surface area contributed by atoms with Crippen LogP contribution in [0.4, 0.5) is 0 Å². The van der Waals surface area contributed by atoms with E-state index >= 15 is 0 Å². The van der Waals surface area contributed by atoms with Gasteiger partial charge in [-0.1, -0.05) is 5.57 Å². The van der Waals surface area contributed by atoms with Crippen LogP contribution in [0.2, 0.25) is 0 Å². The Morgan fingerprint density at radius 3 is 2.71 bits per heavy atom. The quantitative estimate of drug-likeness (QED) is 0.673. The molecule has 24 heavy (non-hydrogen) atoms. The minimum absolute atomic E-state index is 0.328. The van der Waals surface area contributed by atoms with Crippen molar-refractivity contribution in [3.63, 3.8) is 0 Å². The van der Waals surface area contributed by atoms with Gasteiger partial charge in [-0.2, -0.15) is 0 Å². The number of aromatic hydroxyl groups is 1. The number of furan rings is 1. The van der Waals surface area contributed by atoms with Crippen molar-refractivity contribution in [3.8, 4) is 5.75 Å². The fourth-order valence-corrected chi connectivity index (χ4v) is 4.22. The molecule has 0 amide bonds. The summed E-state index contributed by atoms with van der Waals surface area (Å²) in [5.41, 5.74) is 3.41. The van der Waals surface area contributed by atoms with Crippen molar-refractivity contribution in [2.24, 2.45) is 0 Å². The monoisotopic (exact) mass is 327 g/mol. The lowest BCUT2D eigenvalue weighted by molar-refractivity contribution is 0.0990. The van der Waals surface area contributed by atoms with Gasteiger partial charge in [0.2, 0.25) is 0 Å². The van der Waals surface area contributed by atoms with Crippen molar-refractivity contribution in [1.82, 2.24) is 4.90 Å². The Hall–Kier alpha value is -1.74. The van der Waals surface area contributed by atoms with Crippen molar-refractivity contribution in [2.45, 2.75) is 65.0 Å². The smallest absolute Gasteiger partial charge is 0.134 e. The summed E-state index contributed by atoms with van der Waals surface area (Å²) in [6.45, 7) is 13.3. The van der Waals surface area contributed by atoms with E-state index in [2.05, 4.69) is 25.3 Å². The third-order valence-electron chi connectivity index (χ3n) is 5.24. The lowest BCUT2D eigenvalue weighted by atomic mass is 9.88. The van der Waals surface area contributed by atoms with Crippen LogP contribution in [0.1, 0.15) is 57.8 Å². The zero-order valence-corrected chi connectivity index (χ0v) is 15.3. The van der Waals surface area contributed by atoms with E-state index in [1.54, 1.807) is 6.07 Å². The van der Waals surface area contributed by atoms with Crippen molar-refractivity contribution in [2.75, 3.05) is 6.54 Å². The van der Waals surface area contributed by atoms with Crippen LogP contribution in [0.15, 0.2) is 34.8 Å². The van der Waals surface area contributed by atoms with E-state index in [-0.39, 0.29) is 0 Å². The molecule has 0 radical (unpaired) electrons. The van der Waals surface area contributed by atoms with Gasteiger partial charge in [0.05, 0.1) is 0 Å². The van der Waals surface area contributed by atoms with E-state index < -0.39 is 0 Å². The van der Waals surface area contributed by atoms with Crippen molar-refractivity contribution in [1.29, 1.82) is 0 Å². The van der Waals surface area contributed by atoms with Crippen LogP contribution in [0.5, 0.6) is 5.75 Å².